The average molecular weight is 396 g/mol. The van der Waals surface area contributed by atoms with Gasteiger partial charge in [-0.2, -0.15) is 5.10 Å². The summed E-state index contributed by atoms with van der Waals surface area (Å²) in [7, 11) is 2.21. The fraction of sp³-hybridized carbons (Fsp3) is 0.500. The second-order valence-electron chi connectivity index (χ2n) is 8.30. The molecule has 148 valence electrons. The van der Waals surface area contributed by atoms with Crippen LogP contribution >= 0.6 is 11.3 Å². The third-order valence-electron chi connectivity index (χ3n) is 5.60. The van der Waals surface area contributed by atoms with Crippen molar-refractivity contribution < 1.29 is 0 Å². The molecule has 3 aromatic rings. The monoisotopic (exact) mass is 395 g/mol. The van der Waals surface area contributed by atoms with Crippen LogP contribution in [0.15, 0.2) is 18.3 Å². The standard InChI is InChI=1S/C22H29N5S/c1-13(2)19-20(17-10-14(3)24-15(4)11-17)25-26-21(19)22-23-12-18(28-22)16-6-8-27(5)9-7-16/h10-13,16H,6-9H2,1-5H3,(H,25,26). The van der Waals surface area contributed by atoms with Crippen molar-refractivity contribution in [3.63, 3.8) is 0 Å². The van der Waals surface area contributed by atoms with E-state index in [1.165, 1.54) is 36.4 Å². The summed E-state index contributed by atoms with van der Waals surface area (Å²) >= 11 is 1.82. The summed E-state index contributed by atoms with van der Waals surface area (Å²) in [6.45, 7) is 10.9. The van der Waals surface area contributed by atoms with E-state index in [-0.39, 0.29) is 0 Å². The Labute approximate surface area is 171 Å². The van der Waals surface area contributed by atoms with E-state index in [1.54, 1.807) is 0 Å². The van der Waals surface area contributed by atoms with Gasteiger partial charge in [0.1, 0.15) is 10.7 Å². The zero-order valence-corrected chi connectivity index (χ0v) is 18.2. The van der Waals surface area contributed by atoms with Crippen molar-refractivity contribution in [2.45, 2.75) is 52.4 Å². The second kappa shape index (κ2) is 7.76. The minimum absolute atomic E-state index is 0.355. The first kappa shape index (κ1) is 19.3. The number of rotatable bonds is 4. The summed E-state index contributed by atoms with van der Waals surface area (Å²) in [5.74, 6) is 0.988. The van der Waals surface area contributed by atoms with E-state index in [1.807, 2.05) is 25.2 Å². The van der Waals surface area contributed by atoms with Gasteiger partial charge in [-0.3, -0.25) is 10.1 Å². The lowest BCUT2D eigenvalue weighted by molar-refractivity contribution is 0.257. The van der Waals surface area contributed by atoms with Crippen LogP contribution in [0.25, 0.3) is 22.0 Å². The Kier molecular flexibility index (Phi) is 5.34. The third kappa shape index (κ3) is 3.76. The lowest BCUT2D eigenvalue weighted by Crippen LogP contribution is -2.28. The molecule has 0 radical (unpaired) electrons. The minimum atomic E-state index is 0.355. The summed E-state index contributed by atoms with van der Waals surface area (Å²) in [5.41, 5.74) is 6.55. The van der Waals surface area contributed by atoms with Gasteiger partial charge in [0, 0.05) is 33.6 Å². The molecule has 4 heterocycles. The molecular formula is C22H29N5S. The number of hydrogen-bond donors (Lipinski definition) is 1. The molecule has 0 amide bonds. The molecule has 1 saturated heterocycles. The predicted molar refractivity (Wildman–Crippen MR) is 116 cm³/mol. The highest BCUT2D eigenvalue weighted by Gasteiger charge is 2.24. The number of aromatic amines is 1. The van der Waals surface area contributed by atoms with E-state index in [4.69, 9.17) is 10.1 Å². The number of piperidine rings is 1. The SMILES string of the molecule is Cc1cc(-c2[nH]nc(-c3ncc(C4CCN(C)CC4)s3)c2C(C)C)cc(C)n1. The molecule has 0 aliphatic carbocycles. The van der Waals surface area contributed by atoms with Gasteiger partial charge in [0.05, 0.1) is 5.69 Å². The number of aromatic nitrogens is 4. The van der Waals surface area contributed by atoms with Crippen LogP contribution in [0.1, 0.15) is 60.4 Å². The van der Waals surface area contributed by atoms with E-state index >= 15 is 0 Å². The Balaban J connectivity index is 1.70. The van der Waals surface area contributed by atoms with Crippen molar-refractivity contribution in [3.05, 3.63) is 40.2 Å². The molecule has 4 rings (SSSR count). The van der Waals surface area contributed by atoms with Crippen molar-refractivity contribution in [3.8, 4) is 22.0 Å². The molecule has 0 spiro atoms. The Morgan fingerprint density at radius 2 is 1.82 bits per heavy atom. The molecule has 6 heteroatoms. The maximum Gasteiger partial charge on any atom is 0.144 e. The van der Waals surface area contributed by atoms with E-state index in [2.05, 4.69) is 54.2 Å². The van der Waals surface area contributed by atoms with Crippen molar-refractivity contribution in [2.75, 3.05) is 20.1 Å². The van der Waals surface area contributed by atoms with Gasteiger partial charge < -0.3 is 4.90 Å². The first-order chi connectivity index (χ1) is 13.4. The Morgan fingerprint density at radius 1 is 1.14 bits per heavy atom. The molecule has 3 aromatic heterocycles. The number of likely N-dealkylation sites (tertiary alicyclic amines) is 1. The molecular weight excluding hydrogens is 366 g/mol. The lowest BCUT2D eigenvalue weighted by Gasteiger charge is -2.27. The van der Waals surface area contributed by atoms with Crippen LogP contribution in [-0.4, -0.2) is 45.2 Å². The zero-order valence-electron chi connectivity index (χ0n) is 17.4. The van der Waals surface area contributed by atoms with E-state index in [0.29, 0.717) is 11.8 Å². The maximum absolute atomic E-state index is 4.78. The first-order valence-corrected chi connectivity index (χ1v) is 10.9. The molecule has 5 nitrogen and oxygen atoms in total. The molecule has 1 fully saturated rings. The van der Waals surface area contributed by atoms with Crippen molar-refractivity contribution in [1.82, 2.24) is 25.1 Å². The van der Waals surface area contributed by atoms with Gasteiger partial charge in [-0.15, -0.1) is 11.3 Å². The van der Waals surface area contributed by atoms with Crippen molar-refractivity contribution in [2.24, 2.45) is 0 Å². The number of nitrogens with zero attached hydrogens (tertiary/aromatic N) is 4. The molecule has 0 aromatic carbocycles. The second-order valence-corrected chi connectivity index (χ2v) is 9.36. The van der Waals surface area contributed by atoms with Gasteiger partial charge >= 0.3 is 0 Å². The van der Waals surface area contributed by atoms with Crippen LogP contribution in [0.3, 0.4) is 0 Å². The highest BCUT2D eigenvalue weighted by Crippen LogP contribution is 2.39. The minimum Gasteiger partial charge on any atom is -0.306 e. The van der Waals surface area contributed by atoms with E-state index in [0.717, 1.165) is 33.3 Å². The summed E-state index contributed by atoms with van der Waals surface area (Å²) < 4.78 is 0. The van der Waals surface area contributed by atoms with Gasteiger partial charge in [0.15, 0.2) is 0 Å². The van der Waals surface area contributed by atoms with E-state index in [9.17, 15) is 0 Å². The summed E-state index contributed by atoms with van der Waals surface area (Å²) in [6.07, 6.45) is 4.52. The van der Waals surface area contributed by atoms with Crippen LogP contribution in [0.5, 0.6) is 0 Å². The normalized spacial score (nSPS) is 16.2. The van der Waals surface area contributed by atoms with Crippen LogP contribution < -0.4 is 0 Å². The summed E-state index contributed by atoms with van der Waals surface area (Å²) in [4.78, 5) is 13.1. The Morgan fingerprint density at radius 3 is 2.46 bits per heavy atom. The molecule has 0 atom stereocenters. The van der Waals surface area contributed by atoms with Gasteiger partial charge in [-0.1, -0.05) is 13.8 Å². The van der Waals surface area contributed by atoms with Crippen LogP contribution in [0.2, 0.25) is 0 Å². The number of thiazole rings is 1. The number of aryl methyl sites for hydroxylation is 2. The summed E-state index contributed by atoms with van der Waals surface area (Å²) in [5, 5.41) is 9.04. The quantitative estimate of drug-likeness (QED) is 0.664. The van der Waals surface area contributed by atoms with Gasteiger partial charge in [0.2, 0.25) is 0 Å². The topological polar surface area (TPSA) is 57.7 Å². The zero-order chi connectivity index (χ0) is 19.8. The number of nitrogens with one attached hydrogen (secondary N) is 1. The highest BCUT2D eigenvalue weighted by atomic mass is 32.1. The fourth-order valence-electron chi connectivity index (χ4n) is 4.15. The molecule has 0 unspecified atom stereocenters. The molecule has 1 aliphatic rings. The molecule has 1 aliphatic heterocycles. The molecule has 0 bridgehead atoms. The average Bonchev–Trinajstić information content (AvgIpc) is 3.28. The number of H-pyrrole nitrogens is 1. The van der Waals surface area contributed by atoms with Crippen LogP contribution in [-0.2, 0) is 0 Å². The molecule has 1 N–H and O–H groups in total. The number of hydrogen-bond acceptors (Lipinski definition) is 5. The van der Waals surface area contributed by atoms with Gasteiger partial charge in [-0.05, 0) is 70.8 Å². The van der Waals surface area contributed by atoms with Crippen LogP contribution in [0, 0.1) is 13.8 Å². The lowest BCUT2D eigenvalue weighted by atomic mass is 9.96. The van der Waals surface area contributed by atoms with Gasteiger partial charge in [0.25, 0.3) is 0 Å². The maximum atomic E-state index is 4.78. The smallest absolute Gasteiger partial charge is 0.144 e. The van der Waals surface area contributed by atoms with E-state index < -0.39 is 0 Å². The first-order valence-electron chi connectivity index (χ1n) is 10.1. The van der Waals surface area contributed by atoms with Crippen molar-refractivity contribution in [1.29, 1.82) is 0 Å². The molecule has 28 heavy (non-hydrogen) atoms. The van der Waals surface area contributed by atoms with Gasteiger partial charge in [-0.25, -0.2) is 4.98 Å². The van der Waals surface area contributed by atoms with Crippen LogP contribution in [0.4, 0.5) is 0 Å². The van der Waals surface area contributed by atoms with Crippen molar-refractivity contribution >= 4 is 11.3 Å². The summed E-state index contributed by atoms with van der Waals surface area (Å²) in [6, 6.07) is 4.25. The third-order valence-corrected chi connectivity index (χ3v) is 6.77. The largest absolute Gasteiger partial charge is 0.306 e. The highest BCUT2D eigenvalue weighted by molar-refractivity contribution is 7.15. The predicted octanol–water partition coefficient (Wildman–Crippen LogP) is 5.14. The Hall–Kier alpha value is -2.05. The fourth-order valence-corrected chi connectivity index (χ4v) is 5.24. The number of pyridine rings is 1. The Bertz CT molecular complexity index is 943. The molecule has 0 saturated carbocycles.